The first kappa shape index (κ1) is 23.4. The summed E-state index contributed by atoms with van der Waals surface area (Å²) < 4.78 is 46.6. The van der Waals surface area contributed by atoms with Crippen molar-refractivity contribution in [2.24, 2.45) is 0 Å². The van der Waals surface area contributed by atoms with Gasteiger partial charge in [-0.3, -0.25) is 9.52 Å². The lowest BCUT2D eigenvalue weighted by molar-refractivity contribution is 0.0680. The molecule has 0 unspecified atom stereocenters. The zero-order valence-electron chi connectivity index (χ0n) is 17.9. The first-order chi connectivity index (χ1) is 15.3. The van der Waals surface area contributed by atoms with Crippen LogP contribution in [0.25, 0.3) is 0 Å². The maximum Gasteiger partial charge on any atom is 0.262 e. The number of anilines is 1. The van der Waals surface area contributed by atoms with Gasteiger partial charge in [0, 0.05) is 31.5 Å². The van der Waals surface area contributed by atoms with Crippen molar-refractivity contribution in [3.63, 3.8) is 0 Å². The van der Waals surface area contributed by atoms with E-state index < -0.39 is 15.8 Å². The van der Waals surface area contributed by atoms with Gasteiger partial charge >= 0.3 is 0 Å². The molecule has 0 aliphatic rings. The lowest BCUT2D eigenvalue weighted by Gasteiger charge is -2.23. The minimum Gasteiger partial charge on any atom is -0.383 e. The Labute approximate surface area is 187 Å². The van der Waals surface area contributed by atoms with Crippen molar-refractivity contribution >= 4 is 21.6 Å². The van der Waals surface area contributed by atoms with Crippen LogP contribution in [0.15, 0.2) is 77.7 Å². The van der Waals surface area contributed by atoms with Gasteiger partial charge in [-0.2, -0.15) is 0 Å². The second kappa shape index (κ2) is 10.4. The van der Waals surface area contributed by atoms with E-state index in [0.717, 1.165) is 5.56 Å². The quantitative estimate of drug-likeness (QED) is 0.523. The van der Waals surface area contributed by atoms with Crippen LogP contribution in [0.3, 0.4) is 0 Å². The van der Waals surface area contributed by atoms with Gasteiger partial charge in [-0.15, -0.1) is 0 Å². The number of nitrogens with zero attached hydrogens (tertiary/aromatic N) is 1. The van der Waals surface area contributed by atoms with Gasteiger partial charge in [0.2, 0.25) is 0 Å². The fourth-order valence-electron chi connectivity index (χ4n) is 3.19. The van der Waals surface area contributed by atoms with Gasteiger partial charge < -0.3 is 9.64 Å². The largest absolute Gasteiger partial charge is 0.383 e. The van der Waals surface area contributed by atoms with Crippen molar-refractivity contribution < 1.29 is 22.3 Å². The minimum absolute atomic E-state index is 0.0147. The van der Waals surface area contributed by atoms with E-state index >= 15 is 0 Å². The number of carbonyl (C=O) groups excluding carboxylic acids is 1. The Morgan fingerprint density at radius 2 is 1.72 bits per heavy atom. The number of methoxy groups -OCH3 is 1. The number of rotatable bonds is 9. The molecule has 32 heavy (non-hydrogen) atoms. The molecule has 6 nitrogen and oxygen atoms in total. The fourth-order valence-corrected chi connectivity index (χ4v) is 4.52. The molecule has 0 radical (unpaired) electrons. The highest BCUT2D eigenvalue weighted by Crippen LogP contribution is 2.22. The predicted octanol–water partition coefficient (Wildman–Crippen LogP) is 4.22. The molecule has 0 aliphatic carbocycles. The second-order valence-electron chi connectivity index (χ2n) is 7.30. The highest BCUT2D eigenvalue weighted by Gasteiger charge is 2.22. The van der Waals surface area contributed by atoms with Crippen molar-refractivity contribution in [2.45, 2.75) is 18.4 Å². The topological polar surface area (TPSA) is 75.7 Å². The summed E-state index contributed by atoms with van der Waals surface area (Å²) in [5.74, 6) is -0.768. The summed E-state index contributed by atoms with van der Waals surface area (Å²) in [4.78, 5) is 14.9. The van der Waals surface area contributed by atoms with Crippen molar-refractivity contribution in [1.82, 2.24) is 4.90 Å². The number of hydrogen-bond acceptors (Lipinski definition) is 4. The molecule has 0 saturated heterocycles. The van der Waals surface area contributed by atoms with Gasteiger partial charge in [-0.25, -0.2) is 12.8 Å². The molecule has 3 rings (SSSR count). The van der Waals surface area contributed by atoms with E-state index in [0.29, 0.717) is 25.3 Å². The maximum absolute atomic E-state index is 13.3. The van der Waals surface area contributed by atoms with Crippen molar-refractivity contribution in [3.05, 3.63) is 95.3 Å². The van der Waals surface area contributed by atoms with E-state index in [2.05, 4.69) is 4.72 Å². The lowest BCUT2D eigenvalue weighted by Crippen LogP contribution is -2.33. The molecule has 8 heteroatoms. The Morgan fingerprint density at radius 1 is 1.03 bits per heavy atom. The second-order valence-corrected chi connectivity index (χ2v) is 8.95. The molecule has 1 amide bonds. The molecule has 0 fully saturated rings. The van der Waals surface area contributed by atoms with Crippen LogP contribution in [0, 0.1) is 12.7 Å². The van der Waals surface area contributed by atoms with Gasteiger partial charge in [-0.05, 0) is 54.4 Å². The average molecular weight is 457 g/mol. The lowest BCUT2D eigenvalue weighted by atomic mass is 10.1. The number of carbonyl (C=O) groups is 1. The van der Waals surface area contributed by atoms with E-state index in [1.807, 2.05) is 30.3 Å². The van der Waals surface area contributed by atoms with E-state index in [1.54, 1.807) is 31.1 Å². The van der Waals surface area contributed by atoms with Gasteiger partial charge in [0.1, 0.15) is 5.82 Å². The van der Waals surface area contributed by atoms with Gasteiger partial charge in [0.25, 0.3) is 15.9 Å². The molecule has 0 saturated carbocycles. The standard InChI is InChI=1S/C24H25FN2O4S/c1-18-8-9-20(16-23(18)32(29,30)26-22-12-10-21(25)11-13-22)24(28)27(14-15-31-2)17-19-6-4-3-5-7-19/h3-13,16,26H,14-15,17H2,1-2H3. The van der Waals surface area contributed by atoms with Crippen LogP contribution in [0.4, 0.5) is 10.1 Å². The third-order valence-electron chi connectivity index (χ3n) is 4.89. The van der Waals surface area contributed by atoms with E-state index in [4.69, 9.17) is 4.74 Å². The highest BCUT2D eigenvalue weighted by atomic mass is 32.2. The van der Waals surface area contributed by atoms with Crippen LogP contribution >= 0.6 is 0 Å². The highest BCUT2D eigenvalue weighted by molar-refractivity contribution is 7.92. The Balaban J connectivity index is 1.89. The minimum atomic E-state index is -3.98. The van der Waals surface area contributed by atoms with Crippen LogP contribution < -0.4 is 4.72 Å². The SMILES string of the molecule is COCCN(Cc1ccccc1)C(=O)c1ccc(C)c(S(=O)(=O)Nc2ccc(F)cc2)c1. The molecule has 168 valence electrons. The van der Waals surface area contributed by atoms with E-state index in [-0.39, 0.29) is 22.1 Å². The average Bonchev–Trinajstić information content (AvgIpc) is 2.78. The molecule has 0 spiro atoms. The third-order valence-corrected chi connectivity index (χ3v) is 6.41. The molecular formula is C24H25FN2O4S. The van der Waals surface area contributed by atoms with Crippen molar-refractivity contribution in [3.8, 4) is 0 Å². The Kier molecular flexibility index (Phi) is 7.61. The van der Waals surface area contributed by atoms with Crippen molar-refractivity contribution in [1.29, 1.82) is 0 Å². The molecule has 0 bridgehead atoms. The number of halogens is 1. The van der Waals surface area contributed by atoms with Gasteiger partial charge in [0.15, 0.2) is 0 Å². The summed E-state index contributed by atoms with van der Waals surface area (Å²) in [6.45, 7) is 2.72. The first-order valence-electron chi connectivity index (χ1n) is 10.0. The van der Waals surface area contributed by atoms with Gasteiger partial charge in [-0.1, -0.05) is 36.4 Å². The summed E-state index contributed by atoms with van der Waals surface area (Å²) in [6.07, 6.45) is 0. The number of nitrogens with one attached hydrogen (secondary N) is 1. The monoisotopic (exact) mass is 456 g/mol. The number of amides is 1. The van der Waals surface area contributed by atoms with Crippen LogP contribution in [-0.2, 0) is 21.3 Å². The molecule has 1 N–H and O–H groups in total. The third kappa shape index (κ3) is 5.93. The Hall–Kier alpha value is -3.23. The molecular weight excluding hydrogens is 431 g/mol. The Morgan fingerprint density at radius 3 is 2.38 bits per heavy atom. The molecule has 0 atom stereocenters. The van der Waals surface area contributed by atoms with Crippen molar-refractivity contribution in [2.75, 3.05) is 25.0 Å². The molecule has 0 aromatic heterocycles. The summed E-state index contributed by atoms with van der Waals surface area (Å²) in [5.41, 5.74) is 1.92. The number of aryl methyl sites for hydroxylation is 1. The summed E-state index contributed by atoms with van der Waals surface area (Å²) >= 11 is 0. The number of benzene rings is 3. The van der Waals surface area contributed by atoms with E-state index in [1.165, 1.54) is 30.3 Å². The van der Waals surface area contributed by atoms with Crippen LogP contribution in [0.5, 0.6) is 0 Å². The zero-order chi connectivity index (χ0) is 23.1. The predicted molar refractivity (Wildman–Crippen MR) is 121 cm³/mol. The smallest absolute Gasteiger partial charge is 0.262 e. The summed E-state index contributed by atoms with van der Waals surface area (Å²) in [6, 6.07) is 19.1. The Bertz CT molecular complexity index is 1170. The zero-order valence-corrected chi connectivity index (χ0v) is 18.7. The summed E-state index contributed by atoms with van der Waals surface area (Å²) in [5, 5.41) is 0. The van der Waals surface area contributed by atoms with Gasteiger partial charge in [0.05, 0.1) is 11.5 Å². The number of ether oxygens (including phenoxy) is 1. The number of hydrogen-bond donors (Lipinski definition) is 1. The molecule has 3 aromatic carbocycles. The molecule has 3 aromatic rings. The van der Waals surface area contributed by atoms with E-state index in [9.17, 15) is 17.6 Å². The van der Waals surface area contributed by atoms with Crippen LogP contribution in [-0.4, -0.2) is 39.5 Å². The molecule has 0 heterocycles. The fraction of sp³-hybridized carbons (Fsp3) is 0.208. The maximum atomic E-state index is 13.3. The first-order valence-corrected chi connectivity index (χ1v) is 11.5. The van der Waals surface area contributed by atoms with Crippen LogP contribution in [0.2, 0.25) is 0 Å². The molecule has 0 aliphatic heterocycles. The normalized spacial score (nSPS) is 11.2. The van der Waals surface area contributed by atoms with Crippen LogP contribution in [0.1, 0.15) is 21.5 Å². The number of sulfonamides is 1. The summed E-state index contributed by atoms with van der Waals surface area (Å²) in [7, 11) is -2.42.